The summed E-state index contributed by atoms with van der Waals surface area (Å²) in [6, 6.07) is -0.269. The number of hydrogen-bond donors (Lipinski definition) is 4. The number of methoxy groups -OCH3 is 2. The van der Waals surface area contributed by atoms with Gasteiger partial charge in [-0.05, 0) is 80.8 Å². The van der Waals surface area contributed by atoms with Gasteiger partial charge in [-0.3, -0.25) is 4.79 Å². The molecule has 57 heavy (non-hydrogen) atoms. The van der Waals surface area contributed by atoms with Gasteiger partial charge in [0.2, 0.25) is 0 Å². The quantitative estimate of drug-likeness (QED) is 0.174. The number of oxime groups is 1. The molecule has 0 saturated carbocycles. The molecule has 0 unspecified atom stereocenters. The second-order valence-corrected chi connectivity index (χ2v) is 18.4. The van der Waals surface area contributed by atoms with Crippen LogP contribution in [0.2, 0.25) is 0 Å². The van der Waals surface area contributed by atoms with Gasteiger partial charge >= 0.3 is 5.97 Å². The van der Waals surface area contributed by atoms with E-state index in [0.29, 0.717) is 18.7 Å². The van der Waals surface area contributed by atoms with Crippen molar-refractivity contribution in [3.8, 4) is 0 Å². The highest BCUT2D eigenvalue weighted by atomic mass is 16.7. The van der Waals surface area contributed by atoms with Gasteiger partial charge in [-0.15, -0.1) is 0 Å². The molecule has 0 aromatic heterocycles. The van der Waals surface area contributed by atoms with E-state index in [-0.39, 0.29) is 37.3 Å². The molecule has 0 radical (unpaired) electrons. The summed E-state index contributed by atoms with van der Waals surface area (Å²) < 4.78 is 44.7. The van der Waals surface area contributed by atoms with Crippen LogP contribution in [0, 0.1) is 29.6 Å². The maximum Gasteiger partial charge on any atom is 0.311 e. The van der Waals surface area contributed by atoms with E-state index >= 15 is 0 Å². The van der Waals surface area contributed by atoms with E-state index in [9.17, 15) is 25.2 Å². The van der Waals surface area contributed by atoms with Crippen molar-refractivity contribution in [1.82, 2.24) is 4.90 Å². The molecular weight excluding hydrogens is 740 g/mol. The Labute approximate surface area is 342 Å². The summed E-state index contributed by atoms with van der Waals surface area (Å²) >= 11 is 0. The second-order valence-electron chi connectivity index (χ2n) is 18.4. The number of rotatable bonds is 11. The van der Waals surface area contributed by atoms with Crippen LogP contribution in [0.25, 0.3) is 0 Å². The molecule has 3 rings (SSSR count). The molecule has 0 amide bonds. The zero-order valence-electron chi connectivity index (χ0n) is 37.6. The van der Waals surface area contributed by atoms with Gasteiger partial charge in [0.1, 0.15) is 30.5 Å². The average molecular weight is 819 g/mol. The minimum Gasteiger partial charge on any atom is -0.459 e. The predicted molar refractivity (Wildman–Crippen MR) is 214 cm³/mol. The van der Waals surface area contributed by atoms with Crippen LogP contribution in [-0.4, -0.2) is 156 Å². The summed E-state index contributed by atoms with van der Waals surface area (Å²) in [5, 5.41) is 51.3. The van der Waals surface area contributed by atoms with Gasteiger partial charge < -0.3 is 63.3 Å². The third-order valence-electron chi connectivity index (χ3n) is 12.9. The standard InChI is InChI=1S/C42H78N2O13/c1-17-30-42(12,49)35(46)25(6)32(43-52-21-22(2)3)23(4)19-41(11,51-16)37(57-39-33(45)29(44(13)14)18-24(5)53-39)26(7)34(27(8)38(48)55-30)56-31-20-40(10,50-15)36(47)28(9)54-31/h22-31,33-37,39,45-47,49H,17-21H2,1-16H3/b43-32+/t23-,24-,25+,26+,27-,28+,29+,30-,31+,33-,34+,35-,36+,37-,39+,40-,41-,42-/m1/s1. The Bertz CT molecular complexity index is 1300. The van der Waals surface area contributed by atoms with Gasteiger partial charge in [0.15, 0.2) is 12.6 Å². The van der Waals surface area contributed by atoms with E-state index in [4.69, 9.17) is 38.0 Å². The monoisotopic (exact) mass is 819 g/mol. The molecule has 0 aromatic rings. The molecule has 3 aliphatic heterocycles. The van der Waals surface area contributed by atoms with Gasteiger partial charge in [0.25, 0.3) is 0 Å². The smallest absolute Gasteiger partial charge is 0.311 e. The van der Waals surface area contributed by atoms with Crippen molar-refractivity contribution < 1.29 is 63.2 Å². The van der Waals surface area contributed by atoms with Gasteiger partial charge in [0.05, 0.1) is 53.4 Å². The van der Waals surface area contributed by atoms with Crippen molar-refractivity contribution in [1.29, 1.82) is 0 Å². The molecule has 0 aliphatic carbocycles. The fourth-order valence-corrected chi connectivity index (χ4v) is 9.03. The largest absolute Gasteiger partial charge is 0.459 e. The number of hydrogen-bond acceptors (Lipinski definition) is 15. The topological polar surface area (TPSA) is 187 Å². The number of esters is 1. The number of aliphatic hydroxyl groups excluding tert-OH is 3. The number of nitrogens with zero attached hydrogens (tertiary/aromatic N) is 2. The van der Waals surface area contributed by atoms with Crippen molar-refractivity contribution in [3.05, 3.63) is 0 Å². The second kappa shape index (κ2) is 20.4. The highest BCUT2D eigenvalue weighted by Gasteiger charge is 2.54. The molecule has 3 fully saturated rings. The van der Waals surface area contributed by atoms with E-state index in [0.717, 1.165) is 0 Å². The summed E-state index contributed by atoms with van der Waals surface area (Å²) in [6.45, 7) is 22.2. The first kappa shape index (κ1) is 49.9. The van der Waals surface area contributed by atoms with Crippen LogP contribution in [-0.2, 0) is 42.8 Å². The Balaban J connectivity index is 2.29. The maximum absolute atomic E-state index is 14.4. The molecule has 0 aromatic carbocycles. The summed E-state index contributed by atoms with van der Waals surface area (Å²) in [4.78, 5) is 22.2. The van der Waals surface area contributed by atoms with Crippen molar-refractivity contribution in [2.45, 2.75) is 193 Å². The molecule has 18 atom stereocenters. The van der Waals surface area contributed by atoms with E-state index in [1.807, 2.05) is 60.5 Å². The van der Waals surface area contributed by atoms with Crippen LogP contribution in [0.4, 0.5) is 0 Å². The lowest BCUT2D eigenvalue weighted by molar-refractivity contribution is -0.319. The summed E-state index contributed by atoms with van der Waals surface area (Å²) in [6.07, 6.45) is -8.14. The van der Waals surface area contributed by atoms with E-state index in [2.05, 4.69) is 5.16 Å². The molecule has 15 nitrogen and oxygen atoms in total. The van der Waals surface area contributed by atoms with Crippen molar-refractivity contribution in [3.63, 3.8) is 0 Å². The number of carbonyl (C=O) groups is 1. The average Bonchev–Trinajstić information content (AvgIpc) is 3.14. The first-order valence-electron chi connectivity index (χ1n) is 20.9. The zero-order valence-corrected chi connectivity index (χ0v) is 37.6. The number of likely N-dealkylation sites (N-methyl/N-ethyl adjacent to an activating group) is 1. The molecule has 15 heteroatoms. The molecule has 3 saturated heterocycles. The van der Waals surface area contributed by atoms with Gasteiger partial charge in [0, 0.05) is 44.4 Å². The third-order valence-corrected chi connectivity index (χ3v) is 12.9. The van der Waals surface area contributed by atoms with Crippen molar-refractivity contribution >= 4 is 11.7 Å². The molecular formula is C42H78N2O13. The fourth-order valence-electron chi connectivity index (χ4n) is 9.03. The molecule has 3 heterocycles. The molecule has 0 spiro atoms. The van der Waals surface area contributed by atoms with Crippen molar-refractivity contribution in [2.75, 3.05) is 34.9 Å². The zero-order chi connectivity index (χ0) is 43.4. The Morgan fingerprint density at radius 1 is 0.895 bits per heavy atom. The number of aliphatic hydroxyl groups is 4. The van der Waals surface area contributed by atoms with Gasteiger partial charge in [-0.2, -0.15) is 0 Å². The van der Waals surface area contributed by atoms with Gasteiger partial charge in [-0.25, -0.2) is 0 Å². The first-order valence-corrected chi connectivity index (χ1v) is 20.9. The maximum atomic E-state index is 14.4. The predicted octanol–water partition coefficient (Wildman–Crippen LogP) is 3.90. The van der Waals surface area contributed by atoms with Crippen LogP contribution in [0.15, 0.2) is 5.16 Å². The molecule has 334 valence electrons. The summed E-state index contributed by atoms with van der Waals surface area (Å²) in [5.41, 5.74) is -3.61. The number of cyclic esters (lactones) is 1. The lowest BCUT2D eigenvalue weighted by Crippen LogP contribution is -2.61. The Kier molecular flexibility index (Phi) is 17.8. The Morgan fingerprint density at radius 2 is 1.51 bits per heavy atom. The van der Waals surface area contributed by atoms with E-state index < -0.39 is 102 Å². The molecule has 0 bridgehead atoms. The lowest BCUT2D eigenvalue weighted by Gasteiger charge is -2.50. The van der Waals surface area contributed by atoms with Crippen LogP contribution in [0.1, 0.15) is 109 Å². The minimum atomic E-state index is -1.89. The fraction of sp³-hybridized carbons (Fsp3) is 0.952. The lowest BCUT2D eigenvalue weighted by atomic mass is 9.73. The van der Waals surface area contributed by atoms with E-state index in [1.165, 1.54) is 14.0 Å². The summed E-state index contributed by atoms with van der Waals surface area (Å²) in [7, 11) is 6.90. The third kappa shape index (κ3) is 11.5. The number of carbonyl (C=O) groups excluding carboxylic acids is 1. The highest BCUT2D eigenvalue weighted by Crippen LogP contribution is 2.42. The SMILES string of the molecule is CC[C@H]1OC(=O)[C@H](C)[C@@H](O[C@H]2C[C@@](C)(OC)[C@@H](O)[C@H](C)O2)[C@H](C)[C@@H](O[C@@H]2O[C@H](C)C[C@H](N(C)C)[C@H]2O)[C@](C)(OC)C[C@@H](C)/C(=N\OCC(C)C)[C@H](C)[C@@H](O)[C@]1(C)O. The van der Waals surface area contributed by atoms with Crippen LogP contribution >= 0.6 is 0 Å². The molecule has 4 N–H and O–H groups in total. The number of ether oxygens (including phenoxy) is 7. The van der Waals surface area contributed by atoms with E-state index in [1.54, 1.807) is 41.7 Å². The van der Waals surface area contributed by atoms with Crippen LogP contribution in [0.5, 0.6) is 0 Å². The Morgan fingerprint density at radius 3 is 2.05 bits per heavy atom. The normalized spacial score (nSPS) is 46.5. The van der Waals surface area contributed by atoms with Gasteiger partial charge in [-0.1, -0.05) is 46.7 Å². The van der Waals surface area contributed by atoms with Crippen molar-refractivity contribution in [2.24, 2.45) is 34.7 Å². The highest BCUT2D eigenvalue weighted by molar-refractivity contribution is 5.88. The van der Waals surface area contributed by atoms with Crippen LogP contribution < -0.4 is 0 Å². The Hall–Kier alpha value is -1.50. The summed E-state index contributed by atoms with van der Waals surface area (Å²) in [5.74, 6) is -3.33. The van der Waals surface area contributed by atoms with Crippen LogP contribution in [0.3, 0.4) is 0 Å². The minimum absolute atomic E-state index is 0.142. The first-order chi connectivity index (χ1) is 26.4. The molecule has 3 aliphatic rings.